The predicted molar refractivity (Wildman–Crippen MR) is 159 cm³/mol. The van der Waals surface area contributed by atoms with Gasteiger partial charge in [0.2, 0.25) is 5.76 Å². The fraction of sp³-hybridized carbons (Fsp3) is 0.452. The zero-order valence-corrected chi connectivity index (χ0v) is 25.3. The number of nitrogens with one attached hydrogen (secondary N) is 1. The number of fused-ring (bicyclic) bond motifs is 1. The van der Waals surface area contributed by atoms with Gasteiger partial charge in [0.25, 0.3) is 5.91 Å². The van der Waals surface area contributed by atoms with E-state index in [1.165, 1.54) is 11.8 Å². The monoisotopic (exact) mass is 617 g/mol. The molecule has 0 radical (unpaired) electrons. The molecule has 2 saturated heterocycles. The van der Waals surface area contributed by atoms with E-state index < -0.39 is 23.7 Å². The highest BCUT2D eigenvalue weighted by Crippen LogP contribution is 2.37. The molecule has 12 heteroatoms. The van der Waals surface area contributed by atoms with Gasteiger partial charge in [-0.05, 0) is 81.8 Å². The first kappa shape index (κ1) is 30.9. The van der Waals surface area contributed by atoms with Gasteiger partial charge in [0.05, 0.1) is 16.9 Å². The van der Waals surface area contributed by atoms with E-state index in [0.29, 0.717) is 54.2 Å². The quantitative estimate of drug-likeness (QED) is 0.319. The van der Waals surface area contributed by atoms with Gasteiger partial charge >= 0.3 is 12.2 Å². The number of carbonyl (C=O) groups is 2. The summed E-state index contributed by atoms with van der Waals surface area (Å²) in [4.78, 5) is 36.6. The standard InChI is InChI=1S/C31H35ClF3N5O3/c1-18-6-7-24(13-25(18)32)40(30(42)37-26-12-20(3)43-28(26)31(33,34)35)11-5-10-38-14-22-16-39(17-23(22)15-38)29(41)27-19(2)8-9-36-21(27)4/h6-9,12-13,22-23H,5,10-11,14-17H2,1-4H3,(H,37,42). The minimum atomic E-state index is -4.75. The number of amides is 3. The molecular formula is C31H35ClF3N5O3. The number of aryl methyl sites for hydroxylation is 4. The van der Waals surface area contributed by atoms with E-state index in [1.807, 2.05) is 31.7 Å². The first-order chi connectivity index (χ1) is 20.3. The Morgan fingerprint density at radius 2 is 1.74 bits per heavy atom. The average Bonchev–Trinajstić information content (AvgIpc) is 3.61. The van der Waals surface area contributed by atoms with E-state index in [-0.39, 0.29) is 18.2 Å². The van der Waals surface area contributed by atoms with Crippen LogP contribution in [-0.2, 0) is 6.18 Å². The lowest BCUT2D eigenvalue weighted by Crippen LogP contribution is -2.38. The minimum Gasteiger partial charge on any atom is -0.455 e. The third-order valence-electron chi connectivity index (χ3n) is 8.33. The highest BCUT2D eigenvalue weighted by Gasteiger charge is 2.42. The van der Waals surface area contributed by atoms with Crippen LogP contribution in [0.2, 0.25) is 5.02 Å². The van der Waals surface area contributed by atoms with Gasteiger partial charge in [0, 0.05) is 55.7 Å². The number of hydrogen-bond acceptors (Lipinski definition) is 5. The molecule has 1 aromatic carbocycles. The van der Waals surface area contributed by atoms with Gasteiger partial charge < -0.3 is 19.5 Å². The average molecular weight is 618 g/mol. The van der Waals surface area contributed by atoms with Gasteiger partial charge in [0.15, 0.2) is 0 Å². The highest BCUT2D eigenvalue weighted by molar-refractivity contribution is 6.31. The van der Waals surface area contributed by atoms with Crippen molar-refractivity contribution >= 4 is 34.9 Å². The van der Waals surface area contributed by atoms with Crippen LogP contribution in [-0.4, -0.2) is 66.0 Å². The first-order valence-electron chi connectivity index (χ1n) is 14.3. The number of benzene rings is 1. The van der Waals surface area contributed by atoms with Gasteiger partial charge in [-0.25, -0.2) is 4.79 Å². The Morgan fingerprint density at radius 1 is 1.05 bits per heavy atom. The second-order valence-corrected chi connectivity index (χ2v) is 12.0. The number of likely N-dealkylation sites (tertiary alicyclic amines) is 2. The Morgan fingerprint density at radius 3 is 2.37 bits per heavy atom. The van der Waals surface area contributed by atoms with Crippen LogP contribution in [0.4, 0.5) is 29.3 Å². The Bertz CT molecular complexity index is 1490. The molecule has 0 aliphatic carbocycles. The van der Waals surface area contributed by atoms with Crippen LogP contribution < -0.4 is 10.2 Å². The van der Waals surface area contributed by atoms with E-state index in [4.69, 9.17) is 16.0 Å². The van der Waals surface area contributed by atoms with Crippen LogP contribution in [0.25, 0.3) is 0 Å². The largest absolute Gasteiger partial charge is 0.455 e. The van der Waals surface area contributed by atoms with Crippen molar-refractivity contribution in [1.82, 2.24) is 14.8 Å². The van der Waals surface area contributed by atoms with Crippen LogP contribution in [0.15, 0.2) is 40.9 Å². The molecule has 2 aromatic heterocycles. The molecule has 2 aliphatic rings. The van der Waals surface area contributed by atoms with E-state index in [2.05, 4.69) is 15.2 Å². The molecule has 0 spiro atoms. The minimum absolute atomic E-state index is 0.0314. The van der Waals surface area contributed by atoms with Crippen molar-refractivity contribution in [2.24, 2.45) is 11.8 Å². The van der Waals surface area contributed by atoms with Crippen molar-refractivity contribution in [2.75, 3.05) is 49.5 Å². The van der Waals surface area contributed by atoms with Crippen LogP contribution in [0.5, 0.6) is 0 Å². The van der Waals surface area contributed by atoms with Crippen molar-refractivity contribution in [3.63, 3.8) is 0 Å². The lowest BCUT2D eigenvalue weighted by atomic mass is 10.0. The number of pyridine rings is 1. The predicted octanol–water partition coefficient (Wildman–Crippen LogP) is 6.71. The molecule has 3 aromatic rings. The number of anilines is 2. The van der Waals surface area contributed by atoms with Gasteiger partial charge in [-0.1, -0.05) is 17.7 Å². The molecular weight excluding hydrogens is 583 g/mol. The smallest absolute Gasteiger partial charge is 0.451 e. The van der Waals surface area contributed by atoms with Crippen LogP contribution in [0.1, 0.15) is 45.1 Å². The molecule has 0 saturated carbocycles. The van der Waals surface area contributed by atoms with Crippen LogP contribution in [0.3, 0.4) is 0 Å². The van der Waals surface area contributed by atoms with E-state index in [0.717, 1.165) is 36.0 Å². The van der Waals surface area contributed by atoms with Crippen molar-refractivity contribution < 1.29 is 27.2 Å². The summed E-state index contributed by atoms with van der Waals surface area (Å²) in [6, 6.07) is 7.44. The number of furan rings is 1. The summed E-state index contributed by atoms with van der Waals surface area (Å²) >= 11 is 6.33. The molecule has 2 atom stereocenters. The van der Waals surface area contributed by atoms with E-state index >= 15 is 0 Å². The second-order valence-electron chi connectivity index (χ2n) is 11.5. The van der Waals surface area contributed by atoms with Crippen LogP contribution in [0, 0.1) is 39.5 Å². The number of rotatable bonds is 7. The number of hydrogen-bond donors (Lipinski definition) is 1. The number of carbonyl (C=O) groups excluding carboxylic acids is 2. The lowest BCUT2D eigenvalue weighted by Gasteiger charge is -2.26. The first-order valence-corrected chi connectivity index (χ1v) is 14.7. The van der Waals surface area contributed by atoms with Crippen molar-refractivity contribution in [2.45, 2.75) is 40.3 Å². The Balaban J connectivity index is 1.21. The maximum atomic E-state index is 13.5. The zero-order valence-electron chi connectivity index (χ0n) is 24.6. The third-order valence-corrected chi connectivity index (χ3v) is 8.74. The van der Waals surface area contributed by atoms with Gasteiger partial charge in [-0.2, -0.15) is 13.2 Å². The third kappa shape index (κ3) is 6.67. The summed E-state index contributed by atoms with van der Waals surface area (Å²) < 4.78 is 45.3. The van der Waals surface area contributed by atoms with Crippen molar-refractivity contribution in [1.29, 1.82) is 0 Å². The Labute approximate surface area is 253 Å². The molecule has 3 amide bonds. The second kappa shape index (κ2) is 12.2. The van der Waals surface area contributed by atoms with Gasteiger partial charge in [-0.15, -0.1) is 0 Å². The number of alkyl halides is 3. The number of nitrogens with zero attached hydrogens (tertiary/aromatic N) is 4. The summed E-state index contributed by atoms with van der Waals surface area (Å²) in [6.07, 6.45) is -2.45. The normalized spacial score (nSPS) is 18.7. The fourth-order valence-electron chi connectivity index (χ4n) is 6.16. The molecule has 4 heterocycles. The topological polar surface area (TPSA) is 81.9 Å². The fourth-order valence-corrected chi connectivity index (χ4v) is 6.34. The van der Waals surface area contributed by atoms with E-state index in [9.17, 15) is 22.8 Å². The summed E-state index contributed by atoms with van der Waals surface area (Å²) in [5.41, 5.74) is 3.22. The molecule has 2 fully saturated rings. The summed E-state index contributed by atoms with van der Waals surface area (Å²) in [5, 5.41) is 2.85. The molecule has 5 rings (SSSR count). The van der Waals surface area contributed by atoms with Crippen LogP contribution >= 0.6 is 11.6 Å². The molecule has 1 N–H and O–H groups in total. The maximum Gasteiger partial charge on any atom is 0.451 e. The summed E-state index contributed by atoms with van der Waals surface area (Å²) in [7, 11) is 0. The number of halogens is 4. The van der Waals surface area contributed by atoms with Gasteiger partial charge in [-0.3, -0.25) is 14.7 Å². The van der Waals surface area contributed by atoms with Gasteiger partial charge in [0.1, 0.15) is 5.76 Å². The SMILES string of the molecule is Cc1cc(NC(=O)N(CCCN2CC3CN(C(=O)c4c(C)ccnc4C)CC3C2)c2ccc(C)c(Cl)c2)c(C(F)(F)F)o1. The zero-order chi connectivity index (χ0) is 31.1. The molecule has 0 bridgehead atoms. The molecule has 2 aliphatic heterocycles. The molecule has 8 nitrogen and oxygen atoms in total. The highest BCUT2D eigenvalue weighted by atomic mass is 35.5. The summed E-state index contributed by atoms with van der Waals surface area (Å²) in [6.45, 7) is 11.0. The number of aromatic nitrogens is 1. The summed E-state index contributed by atoms with van der Waals surface area (Å²) in [5.74, 6) is -0.449. The van der Waals surface area contributed by atoms with E-state index in [1.54, 1.807) is 24.4 Å². The van der Waals surface area contributed by atoms with Crippen molar-refractivity contribution in [3.05, 3.63) is 75.5 Å². The molecule has 230 valence electrons. The maximum absolute atomic E-state index is 13.5. The lowest BCUT2D eigenvalue weighted by molar-refractivity contribution is -0.152. The molecule has 43 heavy (non-hydrogen) atoms. The van der Waals surface area contributed by atoms with Crippen molar-refractivity contribution in [3.8, 4) is 0 Å². The molecule has 2 unspecified atom stereocenters. The Hall–Kier alpha value is -3.57. The number of urea groups is 1. The Kier molecular flexibility index (Phi) is 8.76.